The zero-order valence-corrected chi connectivity index (χ0v) is 21.6. The number of esters is 1. The van der Waals surface area contributed by atoms with Crippen molar-refractivity contribution in [3.8, 4) is 0 Å². The molecule has 2 aromatic rings. The number of anilines is 1. The number of halogens is 2. The minimum absolute atomic E-state index is 0.200. The zero-order valence-electron chi connectivity index (χ0n) is 20.1. The van der Waals surface area contributed by atoms with Crippen molar-refractivity contribution in [1.82, 2.24) is 10.6 Å². The van der Waals surface area contributed by atoms with Gasteiger partial charge in [-0.15, -0.1) is 23.2 Å². The van der Waals surface area contributed by atoms with Crippen molar-refractivity contribution in [3.05, 3.63) is 65.7 Å². The summed E-state index contributed by atoms with van der Waals surface area (Å²) in [5.74, 6) is -0.353. The van der Waals surface area contributed by atoms with Crippen LogP contribution in [0.15, 0.2) is 54.6 Å². The molecule has 0 bridgehead atoms. The Bertz CT molecular complexity index is 935. The highest BCUT2D eigenvalue weighted by Crippen LogP contribution is 2.17. The van der Waals surface area contributed by atoms with Gasteiger partial charge in [0.05, 0.1) is 6.61 Å². The monoisotopic (exact) mass is 521 g/mol. The fourth-order valence-electron chi connectivity index (χ4n) is 3.67. The fraction of sp³-hybridized carbons (Fsp3) is 0.423. The first-order chi connectivity index (χ1) is 16.9. The van der Waals surface area contributed by atoms with Crippen molar-refractivity contribution >= 4 is 46.7 Å². The predicted octanol–water partition coefficient (Wildman–Crippen LogP) is 3.31. The number of ether oxygens (including phenoxy) is 1. The van der Waals surface area contributed by atoms with E-state index in [-0.39, 0.29) is 25.4 Å². The van der Waals surface area contributed by atoms with E-state index in [0.717, 1.165) is 16.8 Å². The second kappa shape index (κ2) is 15.3. The van der Waals surface area contributed by atoms with Crippen molar-refractivity contribution in [2.24, 2.45) is 0 Å². The lowest BCUT2D eigenvalue weighted by atomic mass is 10.0. The molecule has 2 amide bonds. The number of rotatable bonds is 14. The van der Waals surface area contributed by atoms with E-state index in [4.69, 9.17) is 27.9 Å². The average Bonchev–Trinajstić information content (AvgIpc) is 2.84. The molecule has 0 radical (unpaired) electrons. The average molecular weight is 522 g/mol. The second-order valence-corrected chi connectivity index (χ2v) is 8.75. The zero-order chi connectivity index (χ0) is 25.6. The van der Waals surface area contributed by atoms with Gasteiger partial charge in [0.25, 0.3) is 0 Å². The van der Waals surface area contributed by atoms with Crippen molar-refractivity contribution in [3.63, 3.8) is 0 Å². The van der Waals surface area contributed by atoms with E-state index in [0.29, 0.717) is 24.8 Å². The largest absolute Gasteiger partial charge is 0.464 e. The van der Waals surface area contributed by atoms with E-state index in [1.807, 2.05) is 54.6 Å². The van der Waals surface area contributed by atoms with Gasteiger partial charge in [-0.3, -0.25) is 9.59 Å². The standard InChI is InChI=1S/C26H33Cl2N3O4/c1-3-35-26(34)24(18-20-7-5-4-6-8-20)30-25(33)23(29-19(2)32)17-21-9-11-22(12-10-21)31(15-13-27)16-14-28/h4-12,23-24H,3,13-18H2,1-2H3,(H,29,32)(H,30,33)/t23-,24-/m0/s1. The maximum absolute atomic E-state index is 13.2. The van der Waals surface area contributed by atoms with Gasteiger partial charge in [0, 0.05) is 50.3 Å². The van der Waals surface area contributed by atoms with E-state index in [2.05, 4.69) is 15.5 Å². The van der Waals surface area contributed by atoms with Gasteiger partial charge in [-0.1, -0.05) is 42.5 Å². The highest BCUT2D eigenvalue weighted by Gasteiger charge is 2.27. The number of nitrogens with one attached hydrogen (secondary N) is 2. The molecule has 7 nitrogen and oxygen atoms in total. The molecule has 0 aliphatic carbocycles. The predicted molar refractivity (Wildman–Crippen MR) is 140 cm³/mol. The summed E-state index contributed by atoms with van der Waals surface area (Å²) >= 11 is 11.8. The SMILES string of the molecule is CCOC(=O)[C@H](Cc1ccccc1)NC(=O)[C@H](Cc1ccc(N(CCCl)CCCl)cc1)NC(C)=O. The summed E-state index contributed by atoms with van der Waals surface area (Å²) in [5, 5.41) is 5.47. The number of carbonyl (C=O) groups excluding carboxylic acids is 3. The minimum atomic E-state index is -0.872. The van der Waals surface area contributed by atoms with Gasteiger partial charge in [-0.05, 0) is 30.2 Å². The molecule has 2 rings (SSSR count). The lowest BCUT2D eigenvalue weighted by molar-refractivity contribution is -0.147. The fourth-order valence-corrected chi connectivity index (χ4v) is 4.07. The third kappa shape index (κ3) is 9.78. The Kier molecular flexibility index (Phi) is 12.4. The van der Waals surface area contributed by atoms with Gasteiger partial charge in [0.2, 0.25) is 11.8 Å². The van der Waals surface area contributed by atoms with Crippen LogP contribution in [0.25, 0.3) is 0 Å². The molecule has 0 aromatic heterocycles. The van der Waals surface area contributed by atoms with Gasteiger partial charge in [-0.2, -0.15) is 0 Å². The second-order valence-electron chi connectivity index (χ2n) is 7.99. The highest BCUT2D eigenvalue weighted by atomic mass is 35.5. The molecular formula is C26H33Cl2N3O4. The number of alkyl halides is 2. The maximum Gasteiger partial charge on any atom is 0.328 e. The first-order valence-corrected chi connectivity index (χ1v) is 12.7. The molecule has 2 atom stereocenters. The molecule has 0 fully saturated rings. The third-order valence-corrected chi connectivity index (χ3v) is 5.65. The number of carbonyl (C=O) groups is 3. The Morgan fingerprint density at radius 1 is 0.857 bits per heavy atom. The number of benzene rings is 2. The van der Waals surface area contributed by atoms with Gasteiger partial charge >= 0.3 is 5.97 Å². The molecule has 2 N–H and O–H groups in total. The number of hydrogen-bond donors (Lipinski definition) is 2. The summed E-state index contributed by atoms with van der Waals surface area (Å²) in [6, 6.07) is 15.3. The molecule has 0 spiro atoms. The Labute approximate surface area is 217 Å². The van der Waals surface area contributed by atoms with Crippen LogP contribution in [-0.2, 0) is 32.0 Å². The van der Waals surface area contributed by atoms with Gasteiger partial charge in [-0.25, -0.2) is 4.79 Å². The van der Waals surface area contributed by atoms with Gasteiger partial charge in [0.1, 0.15) is 12.1 Å². The van der Waals surface area contributed by atoms with Crippen molar-refractivity contribution in [2.45, 2.75) is 38.8 Å². The molecule has 0 aliphatic rings. The summed E-state index contributed by atoms with van der Waals surface area (Å²) in [6.45, 7) is 4.60. The van der Waals surface area contributed by atoms with E-state index in [1.165, 1.54) is 6.92 Å². The molecular weight excluding hydrogens is 489 g/mol. The van der Waals surface area contributed by atoms with Crippen LogP contribution in [0.2, 0.25) is 0 Å². The van der Waals surface area contributed by atoms with Crippen LogP contribution in [-0.4, -0.2) is 61.3 Å². The first-order valence-electron chi connectivity index (χ1n) is 11.6. The first kappa shape index (κ1) is 28.5. The van der Waals surface area contributed by atoms with E-state index < -0.39 is 24.0 Å². The third-order valence-electron chi connectivity index (χ3n) is 5.31. The van der Waals surface area contributed by atoms with Crippen molar-refractivity contribution in [2.75, 3.05) is 36.4 Å². The summed E-state index contributed by atoms with van der Waals surface area (Å²) in [6.07, 6.45) is 0.543. The van der Waals surface area contributed by atoms with Crippen molar-refractivity contribution in [1.29, 1.82) is 0 Å². The molecule has 35 heavy (non-hydrogen) atoms. The Morgan fingerprint density at radius 3 is 1.97 bits per heavy atom. The number of hydrogen-bond acceptors (Lipinski definition) is 5. The molecule has 190 valence electrons. The number of amides is 2. The molecule has 0 heterocycles. The molecule has 0 aliphatic heterocycles. The van der Waals surface area contributed by atoms with Gasteiger partial charge < -0.3 is 20.3 Å². The quantitative estimate of drug-likeness (QED) is 0.294. The van der Waals surface area contributed by atoms with Crippen LogP contribution in [0.5, 0.6) is 0 Å². The Balaban J connectivity index is 2.16. The Hall–Kier alpha value is -2.77. The van der Waals surface area contributed by atoms with E-state index in [1.54, 1.807) is 6.92 Å². The molecule has 0 saturated carbocycles. The van der Waals surface area contributed by atoms with Crippen LogP contribution in [0, 0.1) is 0 Å². The summed E-state index contributed by atoms with van der Waals surface area (Å²) in [4.78, 5) is 39.6. The topological polar surface area (TPSA) is 87.7 Å². The molecule has 0 unspecified atom stereocenters. The van der Waals surface area contributed by atoms with E-state index in [9.17, 15) is 14.4 Å². The molecule has 2 aromatic carbocycles. The highest BCUT2D eigenvalue weighted by molar-refractivity contribution is 6.18. The molecule has 0 saturated heterocycles. The summed E-state index contributed by atoms with van der Waals surface area (Å²) < 4.78 is 5.17. The maximum atomic E-state index is 13.2. The van der Waals surface area contributed by atoms with Crippen molar-refractivity contribution < 1.29 is 19.1 Å². The van der Waals surface area contributed by atoms with Crippen LogP contribution in [0.4, 0.5) is 5.69 Å². The van der Waals surface area contributed by atoms with Crippen LogP contribution < -0.4 is 15.5 Å². The van der Waals surface area contributed by atoms with Crippen LogP contribution >= 0.6 is 23.2 Å². The lowest BCUT2D eigenvalue weighted by Crippen LogP contribution is -2.53. The minimum Gasteiger partial charge on any atom is -0.464 e. The number of nitrogens with zero attached hydrogens (tertiary/aromatic N) is 1. The van der Waals surface area contributed by atoms with Crippen LogP contribution in [0.1, 0.15) is 25.0 Å². The Morgan fingerprint density at radius 2 is 1.43 bits per heavy atom. The molecule has 9 heteroatoms. The van der Waals surface area contributed by atoms with Crippen LogP contribution in [0.3, 0.4) is 0 Å². The van der Waals surface area contributed by atoms with E-state index >= 15 is 0 Å². The lowest BCUT2D eigenvalue weighted by Gasteiger charge is -2.24. The smallest absolute Gasteiger partial charge is 0.328 e. The summed E-state index contributed by atoms with van der Waals surface area (Å²) in [7, 11) is 0. The normalized spacial score (nSPS) is 12.3. The van der Waals surface area contributed by atoms with Gasteiger partial charge in [0.15, 0.2) is 0 Å². The summed E-state index contributed by atoms with van der Waals surface area (Å²) in [5.41, 5.74) is 2.71.